The molecule has 0 amide bonds. The van der Waals surface area contributed by atoms with Gasteiger partial charge < -0.3 is 9.47 Å². The maximum absolute atomic E-state index is 11.9. The van der Waals surface area contributed by atoms with Gasteiger partial charge in [-0.25, -0.2) is 9.59 Å². The average Bonchev–Trinajstić information content (AvgIpc) is 3.68. The van der Waals surface area contributed by atoms with Crippen LogP contribution in [-0.2, 0) is 29.9 Å². The minimum atomic E-state index is -0.393. The number of ether oxygens (including phenoxy) is 2. The van der Waals surface area contributed by atoms with E-state index in [4.69, 9.17) is 9.47 Å². The molecule has 2 aliphatic rings. The molecule has 0 radical (unpaired) electrons. The van der Waals surface area contributed by atoms with Crippen molar-refractivity contribution in [3.63, 3.8) is 0 Å². The van der Waals surface area contributed by atoms with Crippen molar-refractivity contribution < 1.29 is 19.1 Å². The van der Waals surface area contributed by atoms with E-state index < -0.39 is 11.9 Å². The number of carbonyl (C=O) groups excluding carboxylic acids is 2. The van der Waals surface area contributed by atoms with Crippen LogP contribution in [0.2, 0.25) is 0 Å². The lowest BCUT2D eigenvalue weighted by atomic mass is 9.70. The fourth-order valence-corrected chi connectivity index (χ4v) is 10.4. The Morgan fingerprint density at radius 1 is 0.483 bits per heavy atom. The highest BCUT2D eigenvalue weighted by atomic mass is 16.5. The predicted octanol–water partition coefficient (Wildman–Crippen LogP) is 13.7. The van der Waals surface area contributed by atoms with E-state index >= 15 is 0 Å². The maximum Gasteiger partial charge on any atom is 0.330 e. The van der Waals surface area contributed by atoms with Crippen LogP contribution < -0.4 is 0 Å². The van der Waals surface area contributed by atoms with Gasteiger partial charge in [-0.05, 0) is 139 Å². The number of hydrogen-bond donors (Lipinski definition) is 0. The first-order chi connectivity index (χ1) is 29.3. The fraction of sp³-hybridized carbons (Fsp3) is 0.214. The van der Waals surface area contributed by atoms with Gasteiger partial charge in [0.15, 0.2) is 0 Å². The summed E-state index contributed by atoms with van der Waals surface area (Å²) in [5.41, 5.74) is 15.1. The molecule has 0 unspecified atom stereocenters. The lowest BCUT2D eigenvalue weighted by Gasteiger charge is -2.33. The van der Waals surface area contributed by atoms with Gasteiger partial charge in [-0.1, -0.05) is 148 Å². The summed E-state index contributed by atoms with van der Waals surface area (Å²) >= 11 is 0. The van der Waals surface area contributed by atoms with E-state index in [0.29, 0.717) is 13.2 Å². The Hall–Kier alpha value is -6.52. The van der Waals surface area contributed by atoms with Gasteiger partial charge >= 0.3 is 11.9 Å². The van der Waals surface area contributed by atoms with Crippen molar-refractivity contribution in [1.29, 1.82) is 0 Å². The minimum absolute atomic E-state index is 0.103. The number of rotatable bonds is 14. The Balaban J connectivity index is 1.18. The third kappa shape index (κ3) is 6.55. The number of unbranched alkanes of at least 4 members (excludes halogenated alkanes) is 2. The van der Waals surface area contributed by atoms with Crippen LogP contribution in [0.1, 0.15) is 74.6 Å². The molecule has 298 valence electrons. The van der Waals surface area contributed by atoms with Gasteiger partial charge in [0.05, 0.1) is 13.2 Å². The number of benzene rings is 7. The van der Waals surface area contributed by atoms with E-state index in [1.165, 1.54) is 100 Å². The van der Waals surface area contributed by atoms with Crippen LogP contribution in [0.4, 0.5) is 0 Å². The highest BCUT2D eigenvalue weighted by Crippen LogP contribution is 2.56. The Kier molecular flexibility index (Phi) is 10.3. The Morgan fingerprint density at radius 3 is 1.38 bits per heavy atom. The molecule has 2 aliphatic carbocycles. The molecule has 0 aliphatic heterocycles. The molecule has 0 bridgehead atoms. The molecule has 9 rings (SSSR count). The molecular weight excluding hydrogens is 737 g/mol. The summed E-state index contributed by atoms with van der Waals surface area (Å²) in [7, 11) is 0. The van der Waals surface area contributed by atoms with Crippen LogP contribution in [0, 0.1) is 0 Å². The number of carbonyl (C=O) groups is 2. The first-order valence-electron chi connectivity index (χ1n) is 21.3. The predicted molar refractivity (Wildman–Crippen MR) is 246 cm³/mol. The second kappa shape index (κ2) is 15.9. The van der Waals surface area contributed by atoms with E-state index in [9.17, 15) is 9.59 Å². The zero-order valence-corrected chi connectivity index (χ0v) is 34.6. The van der Waals surface area contributed by atoms with E-state index in [1.54, 1.807) is 0 Å². The molecule has 7 aromatic carbocycles. The zero-order valence-electron chi connectivity index (χ0n) is 34.6. The van der Waals surface area contributed by atoms with E-state index in [-0.39, 0.29) is 10.8 Å². The molecular formula is C56H50O4. The fourth-order valence-electron chi connectivity index (χ4n) is 10.4. The van der Waals surface area contributed by atoms with Crippen molar-refractivity contribution in [2.45, 2.75) is 63.2 Å². The van der Waals surface area contributed by atoms with Crippen LogP contribution in [0.15, 0.2) is 159 Å². The van der Waals surface area contributed by atoms with Crippen LogP contribution in [0.25, 0.3) is 66.1 Å². The van der Waals surface area contributed by atoms with E-state index in [0.717, 1.165) is 38.5 Å². The second-order valence-corrected chi connectivity index (χ2v) is 16.8. The first kappa shape index (κ1) is 39.0. The zero-order chi connectivity index (χ0) is 41.4. The Bertz CT molecular complexity index is 2750. The van der Waals surface area contributed by atoms with Crippen LogP contribution >= 0.6 is 0 Å². The largest absolute Gasteiger partial charge is 0.463 e. The third-order valence-corrected chi connectivity index (χ3v) is 13.2. The van der Waals surface area contributed by atoms with E-state index in [2.05, 4.69) is 160 Å². The van der Waals surface area contributed by atoms with Gasteiger partial charge in [-0.2, -0.15) is 0 Å². The van der Waals surface area contributed by atoms with Crippen molar-refractivity contribution in [3.05, 3.63) is 181 Å². The molecule has 7 aromatic rings. The van der Waals surface area contributed by atoms with Crippen molar-refractivity contribution in [1.82, 2.24) is 0 Å². The number of esters is 2. The van der Waals surface area contributed by atoms with Crippen molar-refractivity contribution in [2.75, 3.05) is 13.2 Å². The molecule has 0 spiro atoms. The van der Waals surface area contributed by atoms with Gasteiger partial charge in [-0.15, -0.1) is 0 Å². The van der Waals surface area contributed by atoms with Gasteiger partial charge in [0, 0.05) is 23.0 Å². The molecule has 60 heavy (non-hydrogen) atoms. The number of hydrogen-bond acceptors (Lipinski definition) is 4. The van der Waals surface area contributed by atoms with Gasteiger partial charge in [-0.3, -0.25) is 0 Å². The molecule has 0 aromatic heterocycles. The minimum Gasteiger partial charge on any atom is -0.463 e. The van der Waals surface area contributed by atoms with Crippen molar-refractivity contribution in [3.8, 4) is 44.5 Å². The topological polar surface area (TPSA) is 52.6 Å². The SMILES string of the molecule is C=CC(=O)OCCCCC1(CCCCOC(=O)C=C)c2ccccc2-c2ccc(-c3c4ccccc4c(-c4ccc5c(c4)C(C)(C)c4ccccc4-5)c4ccccc34)cc21. The summed E-state index contributed by atoms with van der Waals surface area (Å²) in [4.78, 5) is 23.8. The third-order valence-electron chi connectivity index (χ3n) is 13.2. The summed E-state index contributed by atoms with van der Waals surface area (Å²) in [6.45, 7) is 12.5. The first-order valence-corrected chi connectivity index (χ1v) is 21.3. The standard InChI is InChI=1S/C56H50O4/c1-5-51(57)59-33-17-15-31-56(32-16-18-34-60-52(58)6-2)48-26-14-12-20-40(48)42-30-28-38(36-50(42)56)54-45-23-9-7-21-43(45)53(44-22-8-10-24-46(44)54)37-27-29-41-39-19-11-13-25-47(39)55(3,4)49(41)35-37/h5-14,19-30,35-36H,1-2,15-18,31-34H2,3-4H3. The highest BCUT2D eigenvalue weighted by Gasteiger charge is 2.42. The molecule has 0 saturated carbocycles. The smallest absolute Gasteiger partial charge is 0.330 e. The van der Waals surface area contributed by atoms with Crippen LogP contribution in [0.3, 0.4) is 0 Å². The molecule has 0 atom stereocenters. The highest BCUT2D eigenvalue weighted by molar-refractivity contribution is 6.21. The molecule has 0 heterocycles. The lowest BCUT2D eigenvalue weighted by Crippen LogP contribution is -2.26. The average molecular weight is 787 g/mol. The van der Waals surface area contributed by atoms with Crippen LogP contribution in [-0.4, -0.2) is 25.2 Å². The van der Waals surface area contributed by atoms with Crippen LogP contribution in [0.5, 0.6) is 0 Å². The molecule has 4 nitrogen and oxygen atoms in total. The summed E-state index contributed by atoms with van der Waals surface area (Å²) in [5, 5.41) is 4.92. The molecule has 0 saturated heterocycles. The maximum atomic E-state index is 11.9. The van der Waals surface area contributed by atoms with Crippen molar-refractivity contribution in [2.24, 2.45) is 0 Å². The Morgan fingerprint density at radius 2 is 0.883 bits per heavy atom. The number of fused-ring (bicyclic) bond motifs is 8. The van der Waals surface area contributed by atoms with Gasteiger partial charge in [0.2, 0.25) is 0 Å². The quantitative estimate of drug-likeness (QED) is 0.0477. The van der Waals surface area contributed by atoms with E-state index in [1.807, 2.05) is 0 Å². The monoisotopic (exact) mass is 786 g/mol. The lowest BCUT2D eigenvalue weighted by molar-refractivity contribution is -0.138. The second-order valence-electron chi connectivity index (χ2n) is 16.8. The molecule has 0 fully saturated rings. The summed E-state index contributed by atoms with van der Waals surface area (Å²) < 4.78 is 10.8. The Labute approximate surface area is 353 Å². The van der Waals surface area contributed by atoms with Crippen molar-refractivity contribution >= 4 is 33.5 Å². The van der Waals surface area contributed by atoms with Gasteiger partial charge in [0.1, 0.15) is 0 Å². The normalized spacial score (nSPS) is 13.9. The summed E-state index contributed by atoms with van der Waals surface area (Å²) in [6.07, 6.45) is 7.45. The summed E-state index contributed by atoms with van der Waals surface area (Å²) in [6, 6.07) is 49.7. The molecule has 0 N–H and O–H groups in total. The molecule has 4 heteroatoms. The van der Waals surface area contributed by atoms with Gasteiger partial charge in [0.25, 0.3) is 0 Å². The summed E-state index contributed by atoms with van der Waals surface area (Å²) in [5.74, 6) is -0.785.